The molecule has 2 aliphatic rings. The molecular weight excluding hydrogens is 228 g/mol. The van der Waals surface area contributed by atoms with Gasteiger partial charge in [-0.1, -0.05) is 0 Å². The van der Waals surface area contributed by atoms with Gasteiger partial charge in [0, 0.05) is 32.2 Å². The van der Waals surface area contributed by atoms with Crippen LogP contribution in [0.3, 0.4) is 0 Å². The Morgan fingerprint density at radius 1 is 1.06 bits per heavy atom. The van der Waals surface area contributed by atoms with E-state index in [0.29, 0.717) is 12.5 Å². The fraction of sp³-hybridized carbons (Fsp3) is 0.929. The van der Waals surface area contributed by atoms with Gasteiger partial charge in [0.15, 0.2) is 0 Å². The van der Waals surface area contributed by atoms with Gasteiger partial charge in [-0.2, -0.15) is 0 Å². The van der Waals surface area contributed by atoms with Crippen LogP contribution in [0.2, 0.25) is 0 Å². The number of hydrogen-bond acceptors (Lipinski definition) is 3. The van der Waals surface area contributed by atoms with Crippen LogP contribution in [0, 0.1) is 0 Å². The highest BCUT2D eigenvalue weighted by atomic mass is 16.3. The highest BCUT2D eigenvalue weighted by Gasteiger charge is 2.27. The van der Waals surface area contributed by atoms with E-state index >= 15 is 0 Å². The fourth-order valence-corrected chi connectivity index (χ4v) is 3.13. The number of unbranched alkanes of at least 4 members (excludes halogenated alkanes) is 1. The third-order valence-electron chi connectivity index (χ3n) is 4.27. The Hall–Kier alpha value is -0.610. The molecule has 1 amide bonds. The van der Waals surface area contributed by atoms with Crippen molar-refractivity contribution < 1.29 is 9.90 Å². The molecule has 0 bridgehead atoms. The summed E-state index contributed by atoms with van der Waals surface area (Å²) < 4.78 is 0. The summed E-state index contributed by atoms with van der Waals surface area (Å²) in [6, 6.07) is 0.717. The maximum Gasteiger partial charge on any atom is 0.222 e. The molecule has 2 aliphatic heterocycles. The van der Waals surface area contributed by atoms with Crippen molar-refractivity contribution in [2.45, 2.75) is 51.0 Å². The van der Waals surface area contributed by atoms with Gasteiger partial charge < -0.3 is 14.9 Å². The van der Waals surface area contributed by atoms with Crippen LogP contribution in [0.4, 0.5) is 0 Å². The van der Waals surface area contributed by atoms with E-state index in [9.17, 15) is 4.79 Å². The van der Waals surface area contributed by atoms with E-state index < -0.39 is 0 Å². The molecule has 2 fully saturated rings. The fourth-order valence-electron chi connectivity index (χ4n) is 3.13. The van der Waals surface area contributed by atoms with Gasteiger partial charge in [-0.25, -0.2) is 0 Å². The first-order chi connectivity index (χ1) is 8.81. The Morgan fingerprint density at radius 3 is 2.33 bits per heavy atom. The standard InChI is InChI=1S/C14H26N2O2/c17-12-4-1-5-14(18)16-10-6-13(7-11-16)15-8-2-3-9-15/h13,17H,1-12H2. The molecule has 0 atom stereocenters. The van der Waals surface area contributed by atoms with E-state index in [4.69, 9.17) is 5.11 Å². The molecular formula is C14H26N2O2. The maximum atomic E-state index is 11.9. The quantitative estimate of drug-likeness (QED) is 0.751. The van der Waals surface area contributed by atoms with Gasteiger partial charge in [-0.15, -0.1) is 0 Å². The number of hydrogen-bond donors (Lipinski definition) is 1. The smallest absolute Gasteiger partial charge is 0.222 e. The Labute approximate surface area is 110 Å². The molecule has 0 saturated carbocycles. The molecule has 0 aromatic heterocycles. The molecule has 4 heteroatoms. The van der Waals surface area contributed by atoms with Crippen LogP contribution in [0.5, 0.6) is 0 Å². The zero-order chi connectivity index (χ0) is 12.8. The Morgan fingerprint density at radius 2 is 1.72 bits per heavy atom. The number of carbonyl (C=O) groups excluding carboxylic acids is 1. The topological polar surface area (TPSA) is 43.8 Å². The van der Waals surface area contributed by atoms with E-state index in [0.717, 1.165) is 38.8 Å². The molecule has 0 aromatic carbocycles. The van der Waals surface area contributed by atoms with Crippen LogP contribution in [-0.2, 0) is 4.79 Å². The third kappa shape index (κ3) is 3.69. The molecule has 0 aliphatic carbocycles. The molecule has 0 radical (unpaired) electrons. The van der Waals surface area contributed by atoms with E-state index in [1.165, 1.54) is 25.9 Å². The lowest BCUT2D eigenvalue weighted by Crippen LogP contribution is -2.45. The first kappa shape index (κ1) is 13.8. The third-order valence-corrected chi connectivity index (χ3v) is 4.27. The van der Waals surface area contributed by atoms with Crippen molar-refractivity contribution in [2.24, 2.45) is 0 Å². The van der Waals surface area contributed by atoms with Gasteiger partial charge in [0.2, 0.25) is 5.91 Å². The molecule has 0 spiro atoms. The monoisotopic (exact) mass is 254 g/mol. The van der Waals surface area contributed by atoms with Crippen molar-refractivity contribution in [1.82, 2.24) is 9.80 Å². The van der Waals surface area contributed by atoms with Crippen LogP contribution >= 0.6 is 0 Å². The van der Waals surface area contributed by atoms with Crippen molar-refractivity contribution >= 4 is 5.91 Å². The second kappa shape index (κ2) is 7.10. The normalized spacial score (nSPS) is 22.6. The number of rotatable bonds is 5. The van der Waals surface area contributed by atoms with Gasteiger partial charge in [0.05, 0.1) is 0 Å². The zero-order valence-corrected chi connectivity index (χ0v) is 11.3. The first-order valence-corrected chi connectivity index (χ1v) is 7.44. The maximum absolute atomic E-state index is 11.9. The van der Waals surface area contributed by atoms with Gasteiger partial charge >= 0.3 is 0 Å². The lowest BCUT2D eigenvalue weighted by atomic mass is 10.0. The average molecular weight is 254 g/mol. The molecule has 0 aromatic rings. The second-order valence-corrected chi connectivity index (χ2v) is 5.54. The minimum Gasteiger partial charge on any atom is -0.396 e. The van der Waals surface area contributed by atoms with E-state index in [1.54, 1.807) is 0 Å². The highest BCUT2D eigenvalue weighted by molar-refractivity contribution is 5.76. The van der Waals surface area contributed by atoms with Crippen LogP contribution in [-0.4, -0.2) is 59.6 Å². The van der Waals surface area contributed by atoms with Crippen molar-refractivity contribution in [3.05, 3.63) is 0 Å². The summed E-state index contributed by atoms with van der Waals surface area (Å²) >= 11 is 0. The van der Waals surface area contributed by atoms with E-state index in [1.807, 2.05) is 4.90 Å². The van der Waals surface area contributed by atoms with Crippen LogP contribution in [0.15, 0.2) is 0 Å². The summed E-state index contributed by atoms with van der Waals surface area (Å²) in [7, 11) is 0. The lowest BCUT2D eigenvalue weighted by Gasteiger charge is -2.36. The number of piperidine rings is 1. The molecule has 0 unspecified atom stereocenters. The summed E-state index contributed by atoms with van der Waals surface area (Å²) in [5.41, 5.74) is 0. The Bertz CT molecular complexity index is 257. The number of nitrogens with zero attached hydrogens (tertiary/aromatic N) is 2. The van der Waals surface area contributed by atoms with Crippen molar-refractivity contribution in [3.8, 4) is 0 Å². The second-order valence-electron chi connectivity index (χ2n) is 5.54. The summed E-state index contributed by atoms with van der Waals surface area (Å²) in [4.78, 5) is 16.6. The number of aliphatic hydroxyl groups excluding tert-OH is 1. The number of carbonyl (C=O) groups is 1. The van der Waals surface area contributed by atoms with Crippen LogP contribution < -0.4 is 0 Å². The van der Waals surface area contributed by atoms with Gasteiger partial charge in [0.25, 0.3) is 0 Å². The predicted molar refractivity (Wildman–Crippen MR) is 71.3 cm³/mol. The summed E-state index contributed by atoms with van der Waals surface area (Å²) in [6.45, 7) is 4.58. The minimum atomic E-state index is 0.199. The van der Waals surface area contributed by atoms with Crippen LogP contribution in [0.25, 0.3) is 0 Å². The van der Waals surface area contributed by atoms with Gasteiger partial charge in [0.1, 0.15) is 0 Å². The molecule has 1 N–H and O–H groups in total. The van der Waals surface area contributed by atoms with Gasteiger partial charge in [-0.3, -0.25) is 4.79 Å². The molecule has 4 nitrogen and oxygen atoms in total. The SMILES string of the molecule is O=C(CCCCO)N1CCC(N2CCCC2)CC1. The van der Waals surface area contributed by atoms with Crippen molar-refractivity contribution in [3.63, 3.8) is 0 Å². The summed E-state index contributed by atoms with van der Waals surface area (Å²) in [5.74, 6) is 0.281. The summed E-state index contributed by atoms with van der Waals surface area (Å²) in [5, 5.41) is 8.72. The number of likely N-dealkylation sites (tertiary alicyclic amines) is 2. The molecule has 18 heavy (non-hydrogen) atoms. The first-order valence-electron chi connectivity index (χ1n) is 7.44. The Kier molecular flexibility index (Phi) is 5.45. The average Bonchev–Trinajstić information content (AvgIpc) is 2.93. The predicted octanol–water partition coefficient (Wildman–Crippen LogP) is 1.24. The molecule has 2 heterocycles. The van der Waals surface area contributed by atoms with E-state index in [2.05, 4.69) is 4.90 Å². The highest BCUT2D eigenvalue weighted by Crippen LogP contribution is 2.21. The largest absolute Gasteiger partial charge is 0.396 e. The van der Waals surface area contributed by atoms with E-state index in [-0.39, 0.29) is 12.5 Å². The van der Waals surface area contributed by atoms with Crippen molar-refractivity contribution in [2.75, 3.05) is 32.8 Å². The number of amides is 1. The lowest BCUT2D eigenvalue weighted by molar-refractivity contribution is -0.132. The van der Waals surface area contributed by atoms with Crippen molar-refractivity contribution in [1.29, 1.82) is 0 Å². The van der Waals surface area contributed by atoms with Crippen LogP contribution in [0.1, 0.15) is 44.9 Å². The zero-order valence-electron chi connectivity index (χ0n) is 11.3. The Balaban J connectivity index is 1.67. The number of aliphatic hydroxyl groups is 1. The molecule has 2 saturated heterocycles. The molecule has 2 rings (SSSR count). The van der Waals surface area contributed by atoms with Gasteiger partial charge in [-0.05, 0) is 51.6 Å². The minimum absolute atomic E-state index is 0.199. The summed E-state index contributed by atoms with van der Waals surface area (Å²) in [6.07, 6.45) is 7.16. The molecule has 104 valence electrons.